The maximum Gasteiger partial charge on any atom is 0.312 e. The Bertz CT molecular complexity index is 1130. The largest absolute Gasteiger partial charge is 0.465 e. The number of unbranched alkanes of at least 4 members (excludes halogenated alkanes) is 1. The van der Waals surface area contributed by atoms with Gasteiger partial charge in [0.2, 0.25) is 5.91 Å². The van der Waals surface area contributed by atoms with Crippen molar-refractivity contribution in [1.29, 1.82) is 0 Å². The molecule has 3 fully saturated rings. The average molecular weight is 559 g/mol. The molecule has 2 unspecified atom stereocenters. The number of anilines is 1. The number of aliphatic hydroxyl groups is 1. The molecule has 2 bridgehead atoms. The van der Waals surface area contributed by atoms with Gasteiger partial charge in [-0.05, 0) is 57.6 Å². The zero-order valence-corrected chi connectivity index (χ0v) is 23.8. The Hall–Kier alpha value is -2.68. The van der Waals surface area contributed by atoms with E-state index in [9.17, 15) is 19.5 Å². The lowest BCUT2D eigenvalue weighted by Crippen LogP contribution is -2.59. The highest BCUT2D eigenvalue weighted by atomic mass is 35.5. The molecular weight excluding hydrogens is 520 g/mol. The minimum absolute atomic E-state index is 0.157. The summed E-state index contributed by atoms with van der Waals surface area (Å²) in [5.74, 6) is -2.97. The summed E-state index contributed by atoms with van der Waals surface area (Å²) < 4.78 is 12.3. The number of allylic oxidation sites excluding steroid dienone is 1. The predicted octanol–water partition coefficient (Wildman–Crippen LogP) is 4.21. The number of para-hydroxylation sites is 1. The molecule has 0 radical (unpaired) electrons. The van der Waals surface area contributed by atoms with Crippen molar-refractivity contribution in [2.75, 3.05) is 24.7 Å². The summed E-state index contributed by atoms with van der Waals surface area (Å²) in [5, 5.41) is 10.7. The fraction of sp³-hybridized carbons (Fsp3) is 0.567. The predicted molar refractivity (Wildman–Crippen MR) is 149 cm³/mol. The molecule has 1 N–H and O–H groups in total. The highest BCUT2D eigenvalue weighted by molar-refractivity contribution is 6.34. The van der Waals surface area contributed by atoms with E-state index < -0.39 is 41.1 Å². The summed E-state index contributed by atoms with van der Waals surface area (Å²) in [4.78, 5) is 45.3. The third-order valence-corrected chi connectivity index (χ3v) is 8.92. The van der Waals surface area contributed by atoms with E-state index in [0.717, 1.165) is 5.56 Å². The van der Waals surface area contributed by atoms with Gasteiger partial charge in [-0.25, -0.2) is 0 Å². The van der Waals surface area contributed by atoms with E-state index in [1.54, 1.807) is 18.2 Å². The lowest BCUT2D eigenvalue weighted by molar-refractivity contribution is -0.160. The third kappa shape index (κ3) is 4.70. The van der Waals surface area contributed by atoms with Crippen LogP contribution in [0.1, 0.15) is 51.5 Å². The van der Waals surface area contributed by atoms with E-state index in [2.05, 4.69) is 13.2 Å². The lowest BCUT2D eigenvalue weighted by atomic mass is 9.66. The highest BCUT2D eigenvalue weighted by Crippen LogP contribution is 2.64. The van der Waals surface area contributed by atoms with Gasteiger partial charge in [-0.15, -0.1) is 13.2 Å². The van der Waals surface area contributed by atoms with Crippen molar-refractivity contribution in [3.63, 3.8) is 0 Å². The summed E-state index contributed by atoms with van der Waals surface area (Å²) in [7, 11) is 0. The van der Waals surface area contributed by atoms with Crippen molar-refractivity contribution < 1.29 is 29.0 Å². The molecule has 1 aromatic carbocycles. The molecule has 1 spiro atoms. The number of halogens is 1. The number of aliphatic hydroxyl groups excluding tert-OH is 1. The number of likely N-dealkylation sites (tertiary alicyclic amines) is 1. The van der Waals surface area contributed by atoms with E-state index in [4.69, 9.17) is 21.1 Å². The number of ether oxygens (including phenoxy) is 2. The maximum atomic E-state index is 14.6. The summed E-state index contributed by atoms with van der Waals surface area (Å²) in [5.41, 5.74) is -0.845. The summed E-state index contributed by atoms with van der Waals surface area (Å²) in [6, 6.07) is 3.71. The number of amides is 2. The Morgan fingerprint density at radius 3 is 2.69 bits per heavy atom. The molecular formula is C30H39ClN2O6. The van der Waals surface area contributed by atoms with Gasteiger partial charge in [-0.1, -0.05) is 42.8 Å². The van der Waals surface area contributed by atoms with E-state index >= 15 is 0 Å². The molecule has 0 aromatic heterocycles. The molecule has 1 aromatic rings. The normalized spacial score (nSPS) is 29.7. The number of rotatable bonds is 12. The van der Waals surface area contributed by atoms with Crippen LogP contribution < -0.4 is 4.90 Å². The van der Waals surface area contributed by atoms with Crippen LogP contribution in [0.3, 0.4) is 0 Å². The van der Waals surface area contributed by atoms with Crippen LogP contribution in [0.4, 0.5) is 5.69 Å². The molecule has 8 nitrogen and oxygen atoms in total. The van der Waals surface area contributed by atoms with Gasteiger partial charge in [-0.3, -0.25) is 14.4 Å². The Balaban J connectivity index is 1.80. The van der Waals surface area contributed by atoms with Crippen molar-refractivity contribution >= 4 is 35.1 Å². The SMILES string of the molecule is C=CCCCOC(=O)[C@@H]1[C@H]2C(=O)N([C@@H](CC)CO)C(C(=O)N(CC=C)c3c(C)cccc3Cl)C23CC[C@@]1(C)O3. The first-order valence-corrected chi connectivity index (χ1v) is 14.1. The molecule has 0 saturated carbocycles. The zero-order chi connectivity index (χ0) is 28.5. The second kappa shape index (κ2) is 11.4. The number of nitrogens with zero attached hydrogens (tertiary/aromatic N) is 2. The standard InChI is InChI=1S/C30H39ClN2O6/c1-6-9-10-17-38-28(37)23-22-26(35)33(20(8-3)18-34)25(30(22)15-14-29(23,5)39-30)27(36)32(16-7-2)24-19(4)12-11-13-21(24)31/h6-7,11-13,20,22-23,25,34H,1-2,8-10,14-18H2,3-5H3/t20-,22-,23-,25?,29+,30?/m0/s1. The van der Waals surface area contributed by atoms with Gasteiger partial charge in [0.25, 0.3) is 5.91 Å². The van der Waals surface area contributed by atoms with E-state index in [1.807, 2.05) is 32.9 Å². The highest BCUT2D eigenvalue weighted by Gasteiger charge is 2.79. The van der Waals surface area contributed by atoms with Crippen LogP contribution in [-0.4, -0.2) is 70.8 Å². The minimum Gasteiger partial charge on any atom is -0.465 e. The van der Waals surface area contributed by atoms with E-state index in [0.29, 0.717) is 42.8 Å². The van der Waals surface area contributed by atoms with Crippen LogP contribution in [0.2, 0.25) is 5.02 Å². The Labute approximate surface area is 235 Å². The monoisotopic (exact) mass is 558 g/mol. The third-order valence-electron chi connectivity index (χ3n) is 8.61. The fourth-order valence-corrected chi connectivity index (χ4v) is 7.15. The fourth-order valence-electron chi connectivity index (χ4n) is 6.83. The maximum absolute atomic E-state index is 14.6. The van der Waals surface area contributed by atoms with Gasteiger partial charge in [0.05, 0.1) is 41.5 Å². The number of carbonyl (C=O) groups is 3. The van der Waals surface area contributed by atoms with Crippen molar-refractivity contribution in [1.82, 2.24) is 4.90 Å². The Morgan fingerprint density at radius 1 is 1.33 bits per heavy atom. The number of aryl methyl sites for hydroxylation is 1. The topological polar surface area (TPSA) is 96.4 Å². The van der Waals surface area contributed by atoms with Gasteiger partial charge >= 0.3 is 5.97 Å². The average Bonchev–Trinajstić information content (AvgIpc) is 3.47. The van der Waals surface area contributed by atoms with Gasteiger partial charge in [0.1, 0.15) is 17.6 Å². The number of esters is 1. The molecule has 3 aliphatic rings. The Morgan fingerprint density at radius 2 is 2.08 bits per heavy atom. The molecule has 212 valence electrons. The first-order valence-electron chi connectivity index (χ1n) is 13.7. The van der Waals surface area contributed by atoms with Gasteiger partial charge in [-0.2, -0.15) is 0 Å². The minimum atomic E-state index is -1.23. The summed E-state index contributed by atoms with van der Waals surface area (Å²) >= 11 is 6.59. The van der Waals surface area contributed by atoms with Crippen LogP contribution >= 0.6 is 11.6 Å². The lowest BCUT2D eigenvalue weighted by Gasteiger charge is -2.39. The van der Waals surface area contributed by atoms with Gasteiger partial charge in [0.15, 0.2) is 0 Å². The summed E-state index contributed by atoms with van der Waals surface area (Å²) in [6.45, 7) is 13.1. The van der Waals surface area contributed by atoms with Crippen molar-refractivity contribution in [2.45, 2.75) is 76.2 Å². The van der Waals surface area contributed by atoms with Gasteiger partial charge in [0, 0.05) is 6.54 Å². The van der Waals surface area contributed by atoms with Crippen molar-refractivity contribution in [3.05, 3.63) is 54.1 Å². The second-order valence-corrected chi connectivity index (χ2v) is 11.4. The first kappa shape index (κ1) is 29.3. The van der Waals surface area contributed by atoms with Crippen LogP contribution in [0, 0.1) is 18.8 Å². The van der Waals surface area contributed by atoms with Gasteiger partial charge < -0.3 is 24.4 Å². The number of benzene rings is 1. The number of hydrogen-bond donors (Lipinski definition) is 1. The molecule has 0 aliphatic carbocycles. The first-order chi connectivity index (χ1) is 18.6. The van der Waals surface area contributed by atoms with Crippen molar-refractivity contribution in [2.24, 2.45) is 11.8 Å². The smallest absolute Gasteiger partial charge is 0.312 e. The number of fused-ring (bicyclic) bond motifs is 1. The molecule has 9 heteroatoms. The summed E-state index contributed by atoms with van der Waals surface area (Å²) in [6.07, 6.45) is 6.06. The second-order valence-electron chi connectivity index (χ2n) is 11.0. The Kier molecular flexibility index (Phi) is 8.59. The van der Waals surface area contributed by atoms with Crippen LogP contribution in [0.25, 0.3) is 0 Å². The van der Waals surface area contributed by atoms with E-state index in [-0.39, 0.29) is 31.6 Å². The van der Waals surface area contributed by atoms with E-state index in [1.165, 1.54) is 9.80 Å². The van der Waals surface area contributed by atoms with Crippen LogP contribution in [0.15, 0.2) is 43.5 Å². The number of hydrogen-bond acceptors (Lipinski definition) is 6. The molecule has 3 saturated heterocycles. The molecule has 2 amide bonds. The van der Waals surface area contributed by atoms with Crippen LogP contribution in [-0.2, 0) is 23.9 Å². The quantitative estimate of drug-likeness (QED) is 0.234. The number of carbonyl (C=O) groups excluding carboxylic acids is 3. The van der Waals surface area contributed by atoms with Crippen molar-refractivity contribution in [3.8, 4) is 0 Å². The zero-order valence-electron chi connectivity index (χ0n) is 23.0. The van der Waals surface area contributed by atoms with Crippen LogP contribution in [0.5, 0.6) is 0 Å². The molecule has 6 atom stereocenters. The molecule has 3 aliphatic heterocycles. The molecule has 39 heavy (non-hydrogen) atoms. The molecule has 3 heterocycles. The molecule has 4 rings (SSSR count).